The number of amides is 2. The summed E-state index contributed by atoms with van der Waals surface area (Å²) in [6.45, 7) is 6.58. The van der Waals surface area contributed by atoms with Crippen LogP contribution in [0.25, 0.3) is 0 Å². The van der Waals surface area contributed by atoms with Crippen molar-refractivity contribution in [2.75, 3.05) is 26.7 Å². The van der Waals surface area contributed by atoms with Crippen molar-refractivity contribution in [1.29, 1.82) is 0 Å². The molecule has 1 heterocycles. The van der Waals surface area contributed by atoms with Gasteiger partial charge >= 0.3 is 0 Å². The molecule has 0 aromatic heterocycles. The Hall–Kier alpha value is -1.51. The van der Waals surface area contributed by atoms with Gasteiger partial charge in [-0.25, -0.2) is 0 Å². The van der Waals surface area contributed by atoms with Gasteiger partial charge in [-0.05, 0) is 26.9 Å². The Morgan fingerprint density at radius 2 is 1.88 bits per heavy atom. The molecule has 1 rings (SSSR count). The molecule has 24 heavy (non-hydrogen) atoms. The molecule has 0 saturated carbocycles. The van der Waals surface area contributed by atoms with Crippen LogP contribution >= 0.6 is 0 Å². The number of hydrogen-bond acceptors (Lipinski definition) is 6. The number of hydrogen-bond donors (Lipinski definition) is 5. The van der Waals surface area contributed by atoms with Gasteiger partial charge in [0.05, 0.1) is 12.0 Å². The highest BCUT2D eigenvalue weighted by atomic mass is 16.3. The molecule has 1 fully saturated rings. The fourth-order valence-electron chi connectivity index (χ4n) is 2.65. The second kappa shape index (κ2) is 9.71. The van der Waals surface area contributed by atoms with E-state index in [-0.39, 0.29) is 30.1 Å². The number of carbonyl (C=O) groups excluding carboxylic acids is 3. The molecular weight excluding hydrogens is 312 g/mol. The van der Waals surface area contributed by atoms with E-state index in [1.54, 1.807) is 20.9 Å². The zero-order valence-corrected chi connectivity index (χ0v) is 14.9. The van der Waals surface area contributed by atoms with Crippen LogP contribution < -0.4 is 21.3 Å². The molecule has 1 aliphatic rings. The van der Waals surface area contributed by atoms with Crippen molar-refractivity contribution >= 4 is 17.6 Å². The van der Waals surface area contributed by atoms with E-state index < -0.39 is 24.1 Å². The molecule has 0 unspecified atom stereocenters. The monoisotopic (exact) mass is 342 g/mol. The van der Waals surface area contributed by atoms with E-state index in [1.807, 2.05) is 0 Å². The molecule has 0 aliphatic carbocycles. The number of carbonyl (C=O) groups is 3. The third kappa shape index (κ3) is 5.85. The Balaban J connectivity index is 2.73. The van der Waals surface area contributed by atoms with Gasteiger partial charge in [0.1, 0.15) is 12.1 Å². The van der Waals surface area contributed by atoms with Crippen molar-refractivity contribution in [3.63, 3.8) is 0 Å². The molecule has 2 amide bonds. The first-order valence-corrected chi connectivity index (χ1v) is 8.45. The van der Waals surface area contributed by atoms with Crippen LogP contribution in [0.1, 0.15) is 27.2 Å². The summed E-state index contributed by atoms with van der Waals surface area (Å²) in [6.07, 6.45) is -0.360. The van der Waals surface area contributed by atoms with Crippen LogP contribution in [0.4, 0.5) is 0 Å². The maximum Gasteiger partial charge on any atom is 0.245 e. The van der Waals surface area contributed by atoms with Gasteiger partial charge in [0.25, 0.3) is 0 Å². The van der Waals surface area contributed by atoms with Gasteiger partial charge in [0, 0.05) is 19.0 Å². The summed E-state index contributed by atoms with van der Waals surface area (Å²) < 4.78 is 0. The van der Waals surface area contributed by atoms with Crippen molar-refractivity contribution in [2.24, 2.45) is 11.8 Å². The predicted octanol–water partition coefficient (Wildman–Crippen LogP) is -1.61. The van der Waals surface area contributed by atoms with Crippen molar-refractivity contribution in [2.45, 2.75) is 45.4 Å². The standard InChI is InChI=1S/C16H30N4O4/c1-9(2)14(22)12(8-17-4)19-16(24)13(10(3)21)20-15(23)11-5-6-18-7-11/h9-13,17-18,21H,5-8H2,1-4H3,(H,19,24)(H,20,23)/t10-,11-,12-,13-/m0/s1. The van der Waals surface area contributed by atoms with Gasteiger partial charge in [0.2, 0.25) is 11.8 Å². The Morgan fingerprint density at radius 3 is 2.33 bits per heavy atom. The van der Waals surface area contributed by atoms with E-state index in [1.165, 1.54) is 6.92 Å². The van der Waals surface area contributed by atoms with Crippen molar-refractivity contribution in [3.8, 4) is 0 Å². The number of ketones is 1. The molecule has 8 nitrogen and oxygen atoms in total. The van der Waals surface area contributed by atoms with E-state index in [0.717, 1.165) is 6.54 Å². The third-order valence-electron chi connectivity index (χ3n) is 4.13. The smallest absolute Gasteiger partial charge is 0.245 e. The lowest BCUT2D eigenvalue weighted by Crippen LogP contribution is -2.58. The predicted molar refractivity (Wildman–Crippen MR) is 90.3 cm³/mol. The van der Waals surface area contributed by atoms with Crippen LogP contribution in [0.2, 0.25) is 0 Å². The van der Waals surface area contributed by atoms with Crippen LogP contribution in [-0.2, 0) is 14.4 Å². The highest BCUT2D eigenvalue weighted by Gasteiger charge is 2.32. The second-order valence-electron chi connectivity index (χ2n) is 6.59. The topological polar surface area (TPSA) is 120 Å². The first-order chi connectivity index (χ1) is 11.3. The Morgan fingerprint density at radius 1 is 1.21 bits per heavy atom. The highest BCUT2D eigenvalue weighted by Crippen LogP contribution is 2.09. The van der Waals surface area contributed by atoms with E-state index in [9.17, 15) is 19.5 Å². The normalized spacial score (nSPS) is 21.2. The zero-order chi connectivity index (χ0) is 18.3. The molecule has 1 saturated heterocycles. The minimum atomic E-state index is -1.09. The van der Waals surface area contributed by atoms with Crippen LogP contribution in [0.3, 0.4) is 0 Å². The molecule has 0 spiro atoms. The largest absolute Gasteiger partial charge is 0.391 e. The van der Waals surface area contributed by atoms with Crippen LogP contribution in [0.5, 0.6) is 0 Å². The fraction of sp³-hybridized carbons (Fsp3) is 0.812. The maximum atomic E-state index is 12.5. The number of aliphatic hydroxyl groups is 1. The van der Waals surface area contributed by atoms with Gasteiger partial charge in [-0.15, -0.1) is 0 Å². The lowest BCUT2D eigenvalue weighted by atomic mass is 10.0. The average molecular weight is 342 g/mol. The van der Waals surface area contributed by atoms with Gasteiger partial charge in [-0.1, -0.05) is 13.8 Å². The summed E-state index contributed by atoms with van der Waals surface area (Å²) in [5.74, 6) is -1.36. The van der Waals surface area contributed by atoms with Gasteiger partial charge in [-0.2, -0.15) is 0 Å². The summed E-state index contributed by atoms with van der Waals surface area (Å²) in [7, 11) is 1.69. The average Bonchev–Trinajstić information content (AvgIpc) is 3.05. The van der Waals surface area contributed by atoms with Crippen LogP contribution in [0, 0.1) is 11.8 Å². The minimum Gasteiger partial charge on any atom is -0.391 e. The summed E-state index contributed by atoms with van der Waals surface area (Å²) >= 11 is 0. The number of aliphatic hydroxyl groups excluding tert-OH is 1. The lowest BCUT2D eigenvalue weighted by molar-refractivity contribution is -0.135. The van der Waals surface area contributed by atoms with Crippen LogP contribution in [-0.4, -0.2) is 67.6 Å². The van der Waals surface area contributed by atoms with Crippen molar-refractivity contribution < 1.29 is 19.5 Å². The fourth-order valence-corrected chi connectivity index (χ4v) is 2.65. The molecule has 5 N–H and O–H groups in total. The number of nitrogens with one attached hydrogen (secondary N) is 4. The lowest BCUT2D eigenvalue weighted by Gasteiger charge is -2.26. The first kappa shape index (κ1) is 20.5. The molecule has 0 aromatic carbocycles. The zero-order valence-electron chi connectivity index (χ0n) is 14.9. The molecule has 8 heteroatoms. The van der Waals surface area contributed by atoms with Gasteiger partial charge in [0.15, 0.2) is 5.78 Å². The summed E-state index contributed by atoms with van der Waals surface area (Å²) in [6, 6.07) is -1.79. The molecule has 138 valence electrons. The number of Topliss-reactive ketones (excluding diaryl/α,β-unsaturated/α-hetero) is 1. The molecule has 0 aromatic rings. The summed E-state index contributed by atoms with van der Waals surface area (Å²) in [4.78, 5) is 36.8. The van der Waals surface area contributed by atoms with Gasteiger partial charge in [-0.3, -0.25) is 14.4 Å². The molecule has 1 aliphatic heterocycles. The number of rotatable bonds is 9. The molecule has 0 bridgehead atoms. The van der Waals surface area contributed by atoms with E-state index >= 15 is 0 Å². The Labute approximate surface area is 143 Å². The summed E-state index contributed by atoms with van der Waals surface area (Å²) in [5.41, 5.74) is 0. The van der Waals surface area contributed by atoms with Crippen molar-refractivity contribution in [1.82, 2.24) is 21.3 Å². The molecular formula is C16H30N4O4. The van der Waals surface area contributed by atoms with E-state index in [2.05, 4.69) is 21.3 Å². The SMILES string of the molecule is CNC[C@H](NC(=O)[C@@H](NC(=O)[C@H]1CCNC1)[C@H](C)O)C(=O)C(C)C. The Bertz CT molecular complexity index is 447. The summed E-state index contributed by atoms with van der Waals surface area (Å²) in [5, 5.41) is 21.1. The first-order valence-electron chi connectivity index (χ1n) is 8.45. The van der Waals surface area contributed by atoms with Crippen LogP contribution in [0.15, 0.2) is 0 Å². The van der Waals surface area contributed by atoms with E-state index in [4.69, 9.17) is 0 Å². The molecule has 0 radical (unpaired) electrons. The van der Waals surface area contributed by atoms with Gasteiger partial charge < -0.3 is 26.4 Å². The number of likely N-dealkylation sites (N-methyl/N-ethyl adjacent to an activating group) is 1. The highest BCUT2D eigenvalue weighted by molar-refractivity contribution is 5.94. The quantitative estimate of drug-likeness (QED) is 0.344. The van der Waals surface area contributed by atoms with Crippen molar-refractivity contribution in [3.05, 3.63) is 0 Å². The minimum absolute atomic E-state index is 0.103. The van der Waals surface area contributed by atoms with E-state index in [0.29, 0.717) is 13.0 Å². The third-order valence-corrected chi connectivity index (χ3v) is 4.13. The maximum absolute atomic E-state index is 12.5. The Kier molecular flexibility index (Phi) is 8.30. The molecule has 4 atom stereocenters. The second-order valence-corrected chi connectivity index (χ2v) is 6.59.